The van der Waals surface area contributed by atoms with Crippen molar-refractivity contribution in [3.05, 3.63) is 58.4 Å². The Kier molecular flexibility index (Phi) is 3.74. The smallest absolute Gasteiger partial charge is 0.129 e. The van der Waals surface area contributed by atoms with E-state index in [0.29, 0.717) is 17.7 Å². The highest BCUT2D eigenvalue weighted by Crippen LogP contribution is 2.23. The van der Waals surface area contributed by atoms with Crippen molar-refractivity contribution in [2.75, 3.05) is 11.1 Å². The molecule has 0 amide bonds. The van der Waals surface area contributed by atoms with Gasteiger partial charge in [0, 0.05) is 6.54 Å². The van der Waals surface area contributed by atoms with E-state index in [9.17, 15) is 4.39 Å². The van der Waals surface area contributed by atoms with Crippen molar-refractivity contribution in [3.8, 4) is 0 Å². The van der Waals surface area contributed by atoms with Gasteiger partial charge in [0.25, 0.3) is 0 Å². The number of aryl methyl sites for hydroxylation is 3. The zero-order valence-corrected chi connectivity index (χ0v) is 11.5. The maximum atomic E-state index is 13.6. The summed E-state index contributed by atoms with van der Waals surface area (Å²) in [6.07, 6.45) is 0. The van der Waals surface area contributed by atoms with Crippen LogP contribution in [-0.2, 0) is 6.54 Å². The summed E-state index contributed by atoms with van der Waals surface area (Å²) < 4.78 is 13.6. The summed E-state index contributed by atoms with van der Waals surface area (Å²) in [5.74, 6) is -0.126. The molecular formula is C16H19FN2. The molecule has 0 bridgehead atoms. The Labute approximate surface area is 113 Å². The largest absolute Gasteiger partial charge is 0.397 e. The number of rotatable bonds is 3. The fraction of sp³-hybridized carbons (Fsp3) is 0.250. The van der Waals surface area contributed by atoms with Gasteiger partial charge in [0.1, 0.15) is 5.82 Å². The van der Waals surface area contributed by atoms with E-state index in [1.807, 2.05) is 37.3 Å². The second kappa shape index (κ2) is 5.31. The molecule has 0 aliphatic heterocycles. The molecule has 0 aliphatic carbocycles. The summed E-state index contributed by atoms with van der Waals surface area (Å²) in [4.78, 5) is 0. The van der Waals surface area contributed by atoms with Crippen molar-refractivity contribution in [1.29, 1.82) is 0 Å². The van der Waals surface area contributed by atoms with E-state index in [-0.39, 0.29) is 5.82 Å². The molecule has 2 rings (SSSR count). The third-order valence-electron chi connectivity index (χ3n) is 3.30. The molecule has 19 heavy (non-hydrogen) atoms. The summed E-state index contributed by atoms with van der Waals surface area (Å²) in [5, 5.41) is 3.30. The predicted octanol–water partition coefficient (Wildman–Crippen LogP) is 3.95. The third-order valence-corrected chi connectivity index (χ3v) is 3.30. The Hall–Kier alpha value is -2.03. The molecule has 0 saturated heterocycles. The van der Waals surface area contributed by atoms with Crippen LogP contribution in [0.1, 0.15) is 22.3 Å². The minimum atomic E-state index is -0.126. The van der Waals surface area contributed by atoms with E-state index in [4.69, 9.17) is 5.73 Å². The van der Waals surface area contributed by atoms with Crippen LogP contribution in [0.25, 0.3) is 0 Å². The van der Waals surface area contributed by atoms with Crippen LogP contribution in [0.4, 0.5) is 15.8 Å². The van der Waals surface area contributed by atoms with E-state index in [1.54, 1.807) is 13.8 Å². The van der Waals surface area contributed by atoms with Gasteiger partial charge in [-0.25, -0.2) is 4.39 Å². The Bertz CT molecular complexity index is 583. The van der Waals surface area contributed by atoms with Gasteiger partial charge in [-0.3, -0.25) is 0 Å². The molecule has 0 fully saturated rings. The van der Waals surface area contributed by atoms with Crippen molar-refractivity contribution in [3.63, 3.8) is 0 Å². The number of halogens is 1. The van der Waals surface area contributed by atoms with Crippen molar-refractivity contribution < 1.29 is 4.39 Å². The van der Waals surface area contributed by atoms with Crippen LogP contribution in [0.15, 0.2) is 30.3 Å². The maximum Gasteiger partial charge on any atom is 0.129 e. The number of nitrogens with two attached hydrogens (primary N) is 1. The van der Waals surface area contributed by atoms with Crippen LogP contribution in [0.5, 0.6) is 0 Å². The summed E-state index contributed by atoms with van der Waals surface area (Å²) in [7, 11) is 0. The molecule has 2 nitrogen and oxygen atoms in total. The minimum Gasteiger partial charge on any atom is -0.397 e. The summed E-state index contributed by atoms with van der Waals surface area (Å²) in [6, 6.07) is 9.62. The Morgan fingerprint density at radius 1 is 1.05 bits per heavy atom. The summed E-state index contributed by atoms with van der Waals surface area (Å²) in [5.41, 5.74) is 11.1. The van der Waals surface area contributed by atoms with Crippen LogP contribution in [0, 0.1) is 26.6 Å². The first-order chi connectivity index (χ1) is 8.99. The zero-order valence-electron chi connectivity index (χ0n) is 11.5. The molecule has 3 heteroatoms. The highest BCUT2D eigenvalue weighted by molar-refractivity contribution is 5.69. The Balaban J connectivity index is 2.17. The number of hydrogen-bond donors (Lipinski definition) is 2. The standard InChI is InChI=1S/C16H19FN2/c1-10-5-4-6-14(16(10)18)19-9-13-7-11(2)15(17)12(3)8-13/h4-8,19H,9,18H2,1-3H3. The number of nitrogens with one attached hydrogen (secondary N) is 1. The van der Waals surface area contributed by atoms with Gasteiger partial charge >= 0.3 is 0 Å². The van der Waals surface area contributed by atoms with E-state index in [2.05, 4.69) is 5.32 Å². The molecular weight excluding hydrogens is 239 g/mol. The van der Waals surface area contributed by atoms with Crippen molar-refractivity contribution in [2.24, 2.45) is 0 Å². The van der Waals surface area contributed by atoms with Crippen LogP contribution in [-0.4, -0.2) is 0 Å². The molecule has 0 spiro atoms. The Morgan fingerprint density at radius 2 is 1.68 bits per heavy atom. The number of benzene rings is 2. The van der Waals surface area contributed by atoms with Gasteiger partial charge in [0.05, 0.1) is 11.4 Å². The summed E-state index contributed by atoms with van der Waals surface area (Å²) in [6.45, 7) is 6.18. The lowest BCUT2D eigenvalue weighted by molar-refractivity contribution is 0.608. The molecule has 0 aliphatic rings. The van der Waals surface area contributed by atoms with E-state index < -0.39 is 0 Å². The van der Waals surface area contributed by atoms with Gasteiger partial charge in [-0.05, 0) is 49.1 Å². The first-order valence-corrected chi connectivity index (χ1v) is 6.33. The lowest BCUT2D eigenvalue weighted by Crippen LogP contribution is -2.04. The number of nitrogen functional groups attached to an aromatic ring is 1. The Morgan fingerprint density at radius 3 is 2.32 bits per heavy atom. The highest BCUT2D eigenvalue weighted by atomic mass is 19.1. The molecule has 0 saturated carbocycles. The molecule has 0 unspecified atom stereocenters. The van der Waals surface area contributed by atoms with Gasteiger partial charge < -0.3 is 11.1 Å². The van der Waals surface area contributed by atoms with Gasteiger partial charge in [0.15, 0.2) is 0 Å². The van der Waals surface area contributed by atoms with Crippen molar-refractivity contribution in [2.45, 2.75) is 27.3 Å². The molecule has 2 aromatic rings. The number of anilines is 2. The quantitative estimate of drug-likeness (QED) is 0.818. The average Bonchev–Trinajstić information content (AvgIpc) is 2.37. The number of para-hydroxylation sites is 1. The highest BCUT2D eigenvalue weighted by Gasteiger charge is 2.05. The maximum absolute atomic E-state index is 13.6. The SMILES string of the molecule is Cc1cccc(NCc2cc(C)c(F)c(C)c2)c1N. The second-order valence-corrected chi connectivity index (χ2v) is 4.93. The minimum absolute atomic E-state index is 0.126. The predicted molar refractivity (Wildman–Crippen MR) is 78.8 cm³/mol. The van der Waals surface area contributed by atoms with E-state index in [1.165, 1.54) is 0 Å². The second-order valence-electron chi connectivity index (χ2n) is 4.93. The molecule has 0 aromatic heterocycles. The van der Waals surface area contributed by atoms with Gasteiger partial charge in [-0.15, -0.1) is 0 Å². The van der Waals surface area contributed by atoms with Gasteiger partial charge in [-0.2, -0.15) is 0 Å². The molecule has 2 aromatic carbocycles. The average molecular weight is 258 g/mol. The van der Waals surface area contributed by atoms with Crippen molar-refractivity contribution in [1.82, 2.24) is 0 Å². The topological polar surface area (TPSA) is 38.0 Å². The van der Waals surface area contributed by atoms with E-state index in [0.717, 1.165) is 22.5 Å². The third kappa shape index (κ3) is 2.87. The van der Waals surface area contributed by atoms with Crippen LogP contribution < -0.4 is 11.1 Å². The normalized spacial score (nSPS) is 10.5. The molecule has 0 radical (unpaired) electrons. The molecule has 0 heterocycles. The fourth-order valence-electron chi connectivity index (χ4n) is 2.17. The van der Waals surface area contributed by atoms with Crippen LogP contribution in [0.2, 0.25) is 0 Å². The van der Waals surface area contributed by atoms with Crippen LogP contribution in [0.3, 0.4) is 0 Å². The lowest BCUT2D eigenvalue weighted by Gasteiger charge is -2.12. The lowest BCUT2D eigenvalue weighted by atomic mass is 10.1. The first-order valence-electron chi connectivity index (χ1n) is 6.33. The van der Waals surface area contributed by atoms with E-state index >= 15 is 0 Å². The fourth-order valence-corrected chi connectivity index (χ4v) is 2.17. The zero-order chi connectivity index (χ0) is 14.0. The molecule has 3 N–H and O–H groups in total. The summed E-state index contributed by atoms with van der Waals surface area (Å²) >= 11 is 0. The van der Waals surface area contributed by atoms with Crippen molar-refractivity contribution >= 4 is 11.4 Å². The first kappa shape index (κ1) is 13.4. The molecule has 100 valence electrons. The van der Waals surface area contributed by atoms with Gasteiger partial charge in [0.2, 0.25) is 0 Å². The monoisotopic (exact) mass is 258 g/mol. The van der Waals surface area contributed by atoms with Crippen LogP contribution >= 0.6 is 0 Å². The van der Waals surface area contributed by atoms with Gasteiger partial charge in [-0.1, -0.05) is 24.3 Å². The number of hydrogen-bond acceptors (Lipinski definition) is 2. The molecule has 0 atom stereocenters.